The van der Waals surface area contributed by atoms with Gasteiger partial charge in [0, 0.05) is 12.2 Å². The fraction of sp³-hybridized carbons (Fsp3) is 0.462. The Hall–Kier alpha value is -1.98. The van der Waals surface area contributed by atoms with Crippen molar-refractivity contribution in [3.05, 3.63) is 24.0 Å². The number of aromatic nitrogens is 1. The summed E-state index contributed by atoms with van der Waals surface area (Å²) in [6.45, 7) is 0. The summed E-state index contributed by atoms with van der Waals surface area (Å²) in [6, 6.07) is 4.06. The number of rotatable bonds is 4. The number of carboxylic acid groups (broad SMARTS) is 1. The number of carbonyl (C=O) groups is 1. The number of nitrogens with zero attached hydrogens (tertiary/aromatic N) is 2. The predicted molar refractivity (Wildman–Crippen MR) is 72.7 cm³/mol. The van der Waals surface area contributed by atoms with Crippen molar-refractivity contribution in [3.63, 3.8) is 0 Å². The van der Waals surface area contributed by atoms with Crippen LogP contribution >= 0.6 is 0 Å². The molecule has 0 amide bonds. The maximum absolute atomic E-state index is 12.3. The molecule has 2 N–H and O–H groups in total. The first-order valence-electron chi connectivity index (χ1n) is 6.54. The van der Waals surface area contributed by atoms with Crippen LogP contribution < -0.4 is 4.72 Å². The van der Waals surface area contributed by atoms with Crippen LogP contribution in [0.5, 0.6) is 0 Å². The Morgan fingerprint density at radius 1 is 1.48 bits per heavy atom. The van der Waals surface area contributed by atoms with Gasteiger partial charge in [-0.3, -0.25) is 4.79 Å². The van der Waals surface area contributed by atoms with Gasteiger partial charge in [-0.05, 0) is 31.4 Å². The first-order chi connectivity index (χ1) is 9.94. The van der Waals surface area contributed by atoms with E-state index in [9.17, 15) is 13.2 Å². The Morgan fingerprint density at radius 3 is 2.90 bits per heavy atom. The number of carboxylic acids is 1. The molecule has 1 aliphatic carbocycles. The van der Waals surface area contributed by atoms with Gasteiger partial charge in [-0.2, -0.15) is 5.26 Å². The Bertz CT molecular complexity index is 681. The third kappa shape index (κ3) is 3.56. The van der Waals surface area contributed by atoms with E-state index in [1.54, 1.807) is 6.07 Å². The fourth-order valence-corrected chi connectivity index (χ4v) is 3.89. The zero-order valence-corrected chi connectivity index (χ0v) is 12.0. The normalized spacial score (nSPS) is 22.4. The first kappa shape index (κ1) is 15.4. The van der Waals surface area contributed by atoms with Crippen LogP contribution in [0, 0.1) is 17.2 Å². The van der Waals surface area contributed by atoms with Gasteiger partial charge in [0.25, 0.3) is 0 Å². The van der Waals surface area contributed by atoms with Crippen LogP contribution in [0.1, 0.15) is 31.4 Å². The average molecular weight is 309 g/mol. The Balaban J connectivity index is 2.18. The Labute approximate surface area is 122 Å². The summed E-state index contributed by atoms with van der Waals surface area (Å²) in [5.74, 6) is -1.44. The van der Waals surface area contributed by atoms with Gasteiger partial charge < -0.3 is 5.11 Å². The summed E-state index contributed by atoms with van der Waals surface area (Å²) in [4.78, 5) is 14.6. The molecule has 2 rings (SSSR count). The van der Waals surface area contributed by atoms with Gasteiger partial charge >= 0.3 is 5.97 Å². The molecule has 112 valence electrons. The third-order valence-corrected chi connectivity index (χ3v) is 5.06. The lowest BCUT2D eigenvalue weighted by molar-refractivity contribution is -0.143. The predicted octanol–water partition coefficient (Wildman–Crippen LogP) is 0.875. The van der Waals surface area contributed by atoms with Crippen LogP contribution in [0.4, 0.5) is 0 Å². The number of hydrogen-bond donors (Lipinski definition) is 2. The monoisotopic (exact) mass is 309 g/mol. The highest BCUT2D eigenvalue weighted by molar-refractivity contribution is 7.89. The van der Waals surface area contributed by atoms with Gasteiger partial charge in [0.05, 0.1) is 5.92 Å². The van der Waals surface area contributed by atoms with E-state index < -0.39 is 28.0 Å². The molecule has 1 heterocycles. The second kappa shape index (κ2) is 6.20. The minimum absolute atomic E-state index is 0.171. The minimum atomic E-state index is -3.88. The molecule has 0 radical (unpaired) electrons. The molecule has 0 bridgehead atoms. The van der Waals surface area contributed by atoms with Gasteiger partial charge in [0.1, 0.15) is 11.0 Å². The number of pyridine rings is 1. The number of sulfonamides is 1. The second-order valence-corrected chi connectivity index (χ2v) is 6.66. The summed E-state index contributed by atoms with van der Waals surface area (Å²) in [6.07, 6.45) is 3.41. The van der Waals surface area contributed by atoms with E-state index in [0.29, 0.717) is 19.3 Å². The topological polar surface area (TPSA) is 120 Å². The number of hydrogen-bond acceptors (Lipinski definition) is 5. The Morgan fingerprint density at radius 2 is 2.24 bits per heavy atom. The van der Waals surface area contributed by atoms with Crippen LogP contribution in [0.3, 0.4) is 0 Å². The maximum Gasteiger partial charge on any atom is 0.306 e. The van der Waals surface area contributed by atoms with E-state index in [0.717, 1.165) is 0 Å². The molecular weight excluding hydrogens is 294 g/mol. The zero-order valence-electron chi connectivity index (χ0n) is 11.2. The summed E-state index contributed by atoms with van der Waals surface area (Å²) >= 11 is 0. The lowest BCUT2D eigenvalue weighted by atomic mass is 9.86. The quantitative estimate of drug-likeness (QED) is 0.851. The molecule has 0 spiro atoms. The molecule has 1 aromatic rings. The molecule has 8 heteroatoms. The molecule has 0 saturated heterocycles. The second-order valence-electron chi connectivity index (χ2n) is 4.98. The molecular formula is C13H15N3O4S. The van der Waals surface area contributed by atoms with Crippen molar-refractivity contribution in [1.82, 2.24) is 9.71 Å². The molecule has 2 unspecified atom stereocenters. The van der Waals surface area contributed by atoms with Crippen LogP contribution in [0.2, 0.25) is 0 Å². The smallest absolute Gasteiger partial charge is 0.306 e. The molecule has 1 aromatic heterocycles. The van der Waals surface area contributed by atoms with Crippen molar-refractivity contribution >= 4 is 16.0 Å². The van der Waals surface area contributed by atoms with E-state index in [-0.39, 0.29) is 17.0 Å². The average Bonchev–Trinajstić information content (AvgIpc) is 2.47. The van der Waals surface area contributed by atoms with Crippen LogP contribution in [0.15, 0.2) is 23.2 Å². The van der Waals surface area contributed by atoms with Crippen molar-refractivity contribution in [3.8, 4) is 6.07 Å². The molecule has 1 aliphatic rings. The van der Waals surface area contributed by atoms with Crippen LogP contribution in [0.25, 0.3) is 0 Å². The summed E-state index contributed by atoms with van der Waals surface area (Å²) < 4.78 is 27.1. The molecule has 1 saturated carbocycles. The van der Waals surface area contributed by atoms with E-state index in [2.05, 4.69) is 9.71 Å². The SMILES string of the molecule is N#Cc1ncccc1S(=O)(=O)NC1CCCC(C(=O)O)C1. The van der Waals surface area contributed by atoms with Gasteiger partial charge in [0.2, 0.25) is 10.0 Å². The highest BCUT2D eigenvalue weighted by Crippen LogP contribution is 2.26. The van der Waals surface area contributed by atoms with Gasteiger partial charge in [-0.1, -0.05) is 6.42 Å². The van der Waals surface area contributed by atoms with E-state index in [1.165, 1.54) is 18.3 Å². The first-order valence-corrected chi connectivity index (χ1v) is 8.02. The van der Waals surface area contributed by atoms with E-state index in [1.807, 2.05) is 0 Å². The summed E-state index contributed by atoms with van der Waals surface area (Å²) in [5.41, 5.74) is -0.171. The van der Waals surface area contributed by atoms with Crippen molar-refractivity contribution < 1.29 is 18.3 Å². The minimum Gasteiger partial charge on any atom is -0.481 e. The number of nitrogens with one attached hydrogen (secondary N) is 1. The standard InChI is InChI=1S/C13H15N3O4S/c14-8-11-12(5-2-6-15-11)21(19,20)16-10-4-1-3-9(7-10)13(17)18/h2,5-6,9-10,16H,1,3-4,7H2,(H,17,18). The summed E-state index contributed by atoms with van der Waals surface area (Å²) in [7, 11) is -3.88. The highest BCUT2D eigenvalue weighted by Gasteiger charge is 2.30. The van der Waals surface area contributed by atoms with Gasteiger partial charge in [0.15, 0.2) is 5.69 Å². The van der Waals surface area contributed by atoms with Crippen LogP contribution in [-0.4, -0.2) is 30.5 Å². The molecule has 0 aromatic carbocycles. The van der Waals surface area contributed by atoms with Crippen LogP contribution in [-0.2, 0) is 14.8 Å². The van der Waals surface area contributed by atoms with Gasteiger partial charge in [-0.15, -0.1) is 0 Å². The van der Waals surface area contributed by atoms with Crippen molar-refractivity contribution in [2.45, 2.75) is 36.6 Å². The van der Waals surface area contributed by atoms with Crippen molar-refractivity contribution in [1.29, 1.82) is 5.26 Å². The number of nitriles is 1. The molecule has 2 atom stereocenters. The largest absolute Gasteiger partial charge is 0.481 e. The number of aliphatic carboxylic acids is 1. The van der Waals surface area contributed by atoms with E-state index >= 15 is 0 Å². The maximum atomic E-state index is 12.3. The van der Waals surface area contributed by atoms with E-state index in [4.69, 9.17) is 10.4 Å². The fourth-order valence-electron chi connectivity index (χ4n) is 2.50. The molecule has 21 heavy (non-hydrogen) atoms. The zero-order chi connectivity index (χ0) is 15.5. The molecule has 1 fully saturated rings. The molecule has 0 aliphatic heterocycles. The van der Waals surface area contributed by atoms with Crippen molar-refractivity contribution in [2.24, 2.45) is 5.92 Å². The Kier molecular flexibility index (Phi) is 4.55. The summed E-state index contributed by atoms with van der Waals surface area (Å²) in [5, 5.41) is 17.9. The molecule has 7 nitrogen and oxygen atoms in total. The highest BCUT2D eigenvalue weighted by atomic mass is 32.2. The van der Waals surface area contributed by atoms with Crippen molar-refractivity contribution in [2.75, 3.05) is 0 Å². The lowest BCUT2D eigenvalue weighted by Gasteiger charge is -2.27. The lowest BCUT2D eigenvalue weighted by Crippen LogP contribution is -2.40. The third-order valence-electron chi connectivity index (χ3n) is 3.51. The van der Waals surface area contributed by atoms with Gasteiger partial charge in [-0.25, -0.2) is 18.1 Å².